The third kappa shape index (κ3) is 5.61. The molecule has 1 amide bonds. The first-order valence-electron chi connectivity index (χ1n) is 5.63. The minimum absolute atomic E-state index is 0.162. The molecule has 0 aliphatic heterocycles. The Balaban J connectivity index is 2.84. The van der Waals surface area contributed by atoms with E-state index in [4.69, 9.17) is 4.74 Å². The predicted molar refractivity (Wildman–Crippen MR) is 76.4 cm³/mol. The first-order valence-corrected chi connectivity index (χ1v) is 8.31. The number of hydrogen-bond acceptors (Lipinski definition) is 4. The maximum absolute atomic E-state index is 11.8. The highest BCUT2D eigenvalue weighted by Crippen LogP contribution is 2.19. The molecular weight excluding hydrogens is 334 g/mol. The summed E-state index contributed by atoms with van der Waals surface area (Å²) in [7, 11) is -3.59. The molecule has 0 saturated heterocycles. The molecule has 1 aromatic rings. The number of carbonyl (C=O) groups excluding carboxylic acids is 1. The molecular formula is C12H16BrNO4S. The molecule has 0 saturated carbocycles. The Hall–Kier alpha value is -1.08. The van der Waals surface area contributed by atoms with Crippen LogP contribution in [-0.4, -0.2) is 26.7 Å². The Bertz CT molecular complexity index is 539. The van der Waals surface area contributed by atoms with Gasteiger partial charge in [-0.2, -0.15) is 0 Å². The highest BCUT2D eigenvalue weighted by Gasteiger charge is 2.26. The fraction of sp³-hybridized carbons (Fsp3) is 0.417. The van der Waals surface area contributed by atoms with Crippen LogP contribution < -0.4 is 9.46 Å². The topological polar surface area (TPSA) is 72.5 Å². The van der Waals surface area contributed by atoms with Crippen LogP contribution in [0.1, 0.15) is 13.8 Å². The van der Waals surface area contributed by atoms with Crippen LogP contribution in [0, 0.1) is 5.92 Å². The molecule has 106 valence electrons. The molecule has 0 aliphatic carbocycles. The molecule has 0 fully saturated rings. The number of rotatable bonds is 5. The number of hydrogen-bond donors (Lipinski definition) is 1. The monoisotopic (exact) mass is 349 g/mol. The van der Waals surface area contributed by atoms with E-state index in [0.29, 0.717) is 5.75 Å². The highest BCUT2D eigenvalue weighted by atomic mass is 79.9. The second kappa shape index (κ2) is 6.38. The van der Waals surface area contributed by atoms with Crippen LogP contribution in [0.25, 0.3) is 0 Å². The van der Waals surface area contributed by atoms with E-state index in [1.165, 1.54) is 0 Å². The molecule has 1 aromatic carbocycles. The standard InChI is InChI=1S/C12H16BrNO4S/c1-8(2)11(12(15)14-19(3,16)17)18-10-6-4-9(13)5-7-10/h4-8,11H,1-3H3,(H,14,15). The Labute approximate surface area is 121 Å². The zero-order valence-electron chi connectivity index (χ0n) is 10.9. The summed E-state index contributed by atoms with van der Waals surface area (Å²) in [4.78, 5) is 11.8. The van der Waals surface area contributed by atoms with Crippen molar-refractivity contribution >= 4 is 31.9 Å². The zero-order valence-corrected chi connectivity index (χ0v) is 13.3. The SMILES string of the molecule is CC(C)C(Oc1ccc(Br)cc1)C(=O)NS(C)(=O)=O. The highest BCUT2D eigenvalue weighted by molar-refractivity contribution is 9.10. The lowest BCUT2D eigenvalue weighted by molar-refractivity contribution is -0.127. The van der Waals surface area contributed by atoms with Gasteiger partial charge in [-0.3, -0.25) is 9.52 Å². The Kier molecular flexibility index (Phi) is 5.37. The van der Waals surface area contributed by atoms with Crippen LogP contribution in [0.2, 0.25) is 0 Å². The van der Waals surface area contributed by atoms with Crippen molar-refractivity contribution in [3.63, 3.8) is 0 Å². The molecule has 0 radical (unpaired) electrons. The summed E-state index contributed by atoms with van der Waals surface area (Å²) in [6.07, 6.45) is 0.0675. The Morgan fingerprint density at radius 3 is 2.21 bits per heavy atom. The molecule has 0 heterocycles. The number of sulfonamides is 1. The van der Waals surface area contributed by atoms with Crippen LogP contribution in [0.4, 0.5) is 0 Å². The second-order valence-electron chi connectivity index (χ2n) is 4.47. The van der Waals surface area contributed by atoms with Crippen molar-refractivity contribution in [3.05, 3.63) is 28.7 Å². The van der Waals surface area contributed by atoms with Gasteiger partial charge < -0.3 is 4.74 Å². The van der Waals surface area contributed by atoms with Gasteiger partial charge in [0.15, 0.2) is 6.10 Å². The zero-order chi connectivity index (χ0) is 14.6. The van der Waals surface area contributed by atoms with Crippen LogP contribution in [0.3, 0.4) is 0 Å². The Morgan fingerprint density at radius 1 is 1.26 bits per heavy atom. The maximum atomic E-state index is 11.8. The molecule has 1 rings (SSSR count). The lowest BCUT2D eigenvalue weighted by atomic mass is 10.1. The molecule has 0 aliphatic rings. The van der Waals surface area contributed by atoms with Gasteiger partial charge in [0.1, 0.15) is 5.75 Å². The van der Waals surface area contributed by atoms with E-state index in [0.717, 1.165) is 10.7 Å². The smallest absolute Gasteiger partial charge is 0.274 e. The van der Waals surface area contributed by atoms with Gasteiger partial charge in [0.25, 0.3) is 5.91 Å². The van der Waals surface area contributed by atoms with E-state index < -0.39 is 22.0 Å². The minimum Gasteiger partial charge on any atom is -0.480 e. The number of amides is 1. The average Bonchev–Trinajstić information content (AvgIpc) is 2.25. The van der Waals surface area contributed by atoms with Crippen LogP contribution in [-0.2, 0) is 14.8 Å². The van der Waals surface area contributed by atoms with Crippen molar-refractivity contribution in [1.82, 2.24) is 4.72 Å². The van der Waals surface area contributed by atoms with E-state index >= 15 is 0 Å². The summed E-state index contributed by atoms with van der Waals surface area (Å²) in [5, 5.41) is 0. The Morgan fingerprint density at radius 2 is 1.79 bits per heavy atom. The number of nitrogens with one attached hydrogen (secondary N) is 1. The third-order valence-corrected chi connectivity index (χ3v) is 3.33. The lowest BCUT2D eigenvalue weighted by Gasteiger charge is -2.21. The predicted octanol–water partition coefficient (Wildman–Crippen LogP) is 1.93. The van der Waals surface area contributed by atoms with Gasteiger partial charge in [-0.1, -0.05) is 29.8 Å². The summed E-state index contributed by atoms with van der Waals surface area (Å²) in [6.45, 7) is 3.57. The van der Waals surface area contributed by atoms with E-state index in [2.05, 4.69) is 15.9 Å². The molecule has 1 N–H and O–H groups in total. The fourth-order valence-corrected chi connectivity index (χ4v) is 2.14. The molecule has 0 aromatic heterocycles. The summed E-state index contributed by atoms with van der Waals surface area (Å²) in [5.41, 5.74) is 0. The van der Waals surface area contributed by atoms with Crippen molar-refractivity contribution in [2.75, 3.05) is 6.26 Å². The van der Waals surface area contributed by atoms with Gasteiger partial charge in [0, 0.05) is 4.47 Å². The van der Waals surface area contributed by atoms with Crippen LogP contribution >= 0.6 is 15.9 Å². The molecule has 19 heavy (non-hydrogen) atoms. The summed E-state index contributed by atoms with van der Waals surface area (Å²) in [6, 6.07) is 6.96. The van der Waals surface area contributed by atoms with Gasteiger partial charge >= 0.3 is 0 Å². The molecule has 7 heteroatoms. The van der Waals surface area contributed by atoms with Gasteiger partial charge in [-0.05, 0) is 30.2 Å². The first-order chi connectivity index (χ1) is 8.69. The second-order valence-corrected chi connectivity index (χ2v) is 7.14. The molecule has 1 atom stereocenters. The number of ether oxygens (including phenoxy) is 1. The van der Waals surface area contributed by atoms with Crippen molar-refractivity contribution in [3.8, 4) is 5.75 Å². The van der Waals surface area contributed by atoms with E-state index in [9.17, 15) is 13.2 Å². The van der Waals surface area contributed by atoms with Crippen molar-refractivity contribution in [2.24, 2.45) is 5.92 Å². The summed E-state index contributed by atoms with van der Waals surface area (Å²) >= 11 is 3.30. The summed E-state index contributed by atoms with van der Waals surface area (Å²) in [5.74, 6) is -0.323. The van der Waals surface area contributed by atoms with Crippen molar-refractivity contribution in [1.29, 1.82) is 0 Å². The normalized spacial score (nSPS) is 13.1. The number of carbonyl (C=O) groups is 1. The summed E-state index contributed by atoms with van der Waals surface area (Å²) < 4.78 is 30.5. The first kappa shape index (κ1) is 16.0. The maximum Gasteiger partial charge on any atom is 0.274 e. The number of halogens is 1. The fourth-order valence-electron chi connectivity index (χ4n) is 1.39. The third-order valence-electron chi connectivity index (χ3n) is 2.23. The van der Waals surface area contributed by atoms with E-state index in [1.54, 1.807) is 38.1 Å². The van der Waals surface area contributed by atoms with E-state index in [-0.39, 0.29) is 5.92 Å². The molecule has 1 unspecified atom stereocenters. The van der Waals surface area contributed by atoms with Crippen LogP contribution in [0.5, 0.6) is 5.75 Å². The minimum atomic E-state index is -3.59. The number of benzene rings is 1. The van der Waals surface area contributed by atoms with Crippen LogP contribution in [0.15, 0.2) is 28.7 Å². The quantitative estimate of drug-likeness (QED) is 0.881. The molecule has 0 bridgehead atoms. The van der Waals surface area contributed by atoms with Gasteiger partial charge in [0.05, 0.1) is 6.26 Å². The van der Waals surface area contributed by atoms with Gasteiger partial charge in [-0.25, -0.2) is 8.42 Å². The van der Waals surface area contributed by atoms with Crippen molar-refractivity contribution in [2.45, 2.75) is 20.0 Å². The molecule has 0 spiro atoms. The van der Waals surface area contributed by atoms with E-state index in [1.807, 2.05) is 4.72 Å². The largest absolute Gasteiger partial charge is 0.480 e. The average molecular weight is 350 g/mol. The lowest BCUT2D eigenvalue weighted by Crippen LogP contribution is -2.43. The van der Waals surface area contributed by atoms with Gasteiger partial charge in [0.2, 0.25) is 10.0 Å². The molecule has 5 nitrogen and oxygen atoms in total. The van der Waals surface area contributed by atoms with Gasteiger partial charge in [-0.15, -0.1) is 0 Å². The van der Waals surface area contributed by atoms with Crippen molar-refractivity contribution < 1.29 is 17.9 Å².